The minimum Gasteiger partial charge on any atom is -0.388 e. The van der Waals surface area contributed by atoms with Crippen molar-refractivity contribution in [3.63, 3.8) is 0 Å². The Morgan fingerprint density at radius 1 is 1.27 bits per heavy atom. The van der Waals surface area contributed by atoms with Gasteiger partial charge in [0.15, 0.2) is 0 Å². The zero-order chi connectivity index (χ0) is 16.8. The summed E-state index contributed by atoms with van der Waals surface area (Å²) in [4.78, 5) is 16.3. The van der Waals surface area contributed by atoms with E-state index in [1.54, 1.807) is 11.3 Å². The number of urea groups is 1. The SMILES string of the molecule is CCC(O)(CC)CNC(=O)NCCc1nc(C(C)(C)C)cs1. The van der Waals surface area contributed by atoms with Gasteiger partial charge in [0, 0.05) is 30.3 Å². The third kappa shape index (κ3) is 5.93. The van der Waals surface area contributed by atoms with Crippen molar-refractivity contribution in [1.82, 2.24) is 15.6 Å². The summed E-state index contributed by atoms with van der Waals surface area (Å²) in [5.74, 6) is 0. The average molecular weight is 327 g/mol. The van der Waals surface area contributed by atoms with Crippen molar-refractivity contribution in [3.8, 4) is 0 Å². The number of rotatable bonds is 7. The smallest absolute Gasteiger partial charge is 0.314 e. The Bertz CT molecular complexity index is 476. The summed E-state index contributed by atoms with van der Waals surface area (Å²) in [5, 5.41) is 18.8. The predicted molar refractivity (Wildman–Crippen MR) is 91.5 cm³/mol. The molecule has 0 aliphatic carbocycles. The summed E-state index contributed by atoms with van der Waals surface area (Å²) in [7, 11) is 0. The number of nitrogens with zero attached hydrogens (tertiary/aromatic N) is 1. The monoisotopic (exact) mass is 327 g/mol. The molecule has 0 spiro atoms. The van der Waals surface area contributed by atoms with E-state index in [2.05, 4.69) is 41.8 Å². The van der Waals surface area contributed by atoms with Gasteiger partial charge in [-0.1, -0.05) is 34.6 Å². The molecule has 0 fully saturated rings. The molecule has 0 unspecified atom stereocenters. The van der Waals surface area contributed by atoms with Gasteiger partial charge in [-0.15, -0.1) is 11.3 Å². The van der Waals surface area contributed by atoms with Gasteiger partial charge in [0.2, 0.25) is 0 Å². The van der Waals surface area contributed by atoms with E-state index in [1.807, 2.05) is 13.8 Å². The first-order valence-electron chi connectivity index (χ1n) is 7.89. The first kappa shape index (κ1) is 18.9. The Labute approximate surface area is 137 Å². The van der Waals surface area contributed by atoms with Gasteiger partial charge >= 0.3 is 6.03 Å². The van der Waals surface area contributed by atoms with Crippen LogP contribution in [0.1, 0.15) is 58.2 Å². The predicted octanol–water partition coefficient (Wildman–Crippen LogP) is 2.83. The van der Waals surface area contributed by atoms with Gasteiger partial charge in [-0.3, -0.25) is 0 Å². The lowest BCUT2D eigenvalue weighted by Gasteiger charge is -2.25. The number of hydrogen-bond donors (Lipinski definition) is 3. The van der Waals surface area contributed by atoms with Crippen LogP contribution in [-0.4, -0.2) is 34.8 Å². The largest absolute Gasteiger partial charge is 0.388 e. The maximum absolute atomic E-state index is 11.7. The molecule has 3 N–H and O–H groups in total. The van der Waals surface area contributed by atoms with Crippen LogP contribution in [0.3, 0.4) is 0 Å². The summed E-state index contributed by atoms with van der Waals surface area (Å²) < 4.78 is 0. The third-order valence-electron chi connectivity index (χ3n) is 3.84. The molecule has 6 heteroatoms. The molecule has 0 atom stereocenters. The van der Waals surface area contributed by atoms with Crippen molar-refractivity contribution in [2.45, 2.75) is 64.9 Å². The van der Waals surface area contributed by atoms with Crippen molar-refractivity contribution >= 4 is 17.4 Å². The highest BCUT2D eigenvalue weighted by Gasteiger charge is 2.22. The Morgan fingerprint density at radius 3 is 2.41 bits per heavy atom. The molecule has 1 heterocycles. The Balaban J connectivity index is 2.32. The first-order valence-corrected chi connectivity index (χ1v) is 8.77. The summed E-state index contributed by atoms with van der Waals surface area (Å²) in [6.07, 6.45) is 1.97. The fraction of sp³-hybridized carbons (Fsp3) is 0.750. The van der Waals surface area contributed by atoms with E-state index in [-0.39, 0.29) is 18.0 Å². The number of aliphatic hydroxyl groups is 1. The lowest BCUT2D eigenvalue weighted by Crippen LogP contribution is -2.46. The number of nitrogens with one attached hydrogen (secondary N) is 2. The maximum Gasteiger partial charge on any atom is 0.314 e. The molecule has 2 amide bonds. The second kappa shape index (κ2) is 7.92. The molecule has 0 bridgehead atoms. The average Bonchev–Trinajstić information content (AvgIpc) is 2.94. The fourth-order valence-corrected chi connectivity index (χ4v) is 2.89. The molecule has 0 aromatic carbocycles. The number of carbonyl (C=O) groups excluding carboxylic acids is 1. The van der Waals surface area contributed by atoms with Crippen LogP contribution in [0.2, 0.25) is 0 Å². The standard InChI is InChI=1S/C16H29N3O2S/c1-6-16(21,7-2)11-18-14(20)17-9-8-13-19-12(10-22-13)15(3,4)5/h10,21H,6-9,11H2,1-5H3,(H2,17,18,20). The lowest BCUT2D eigenvalue weighted by molar-refractivity contribution is 0.0349. The highest BCUT2D eigenvalue weighted by molar-refractivity contribution is 7.09. The highest BCUT2D eigenvalue weighted by atomic mass is 32.1. The lowest BCUT2D eigenvalue weighted by atomic mass is 9.93. The summed E-state index contributed by atoms with van der Waals surface area (Å²) in [6.45, 7) is 11.1. The molecule has 1 aromatic rings. The molecule has 0 aliphatic rings. The molecule has 0 radical (unpaired) electrons. The third-order valence-corrected chi connectivity index (χ3v) is 4.75. The molecular weight excluding hydrogens is 298 g/mol. The molecular formula is C16H29N3O2S. The Kier molecular flexibility index (Phi) is 6.81. The van der Waals surface area contributed by atoms with Gasteiger partial charge in [-0.2, -0.15) is 0 Å². The molecule has 22 heavy (non-hydrogen) atoms. The number of aromatic nitrogens is 1. The summed E-state index contributed by atoms with van der Waals surface area (Å²) in [5.41, 5.74) is 0.339. The van der Waals surface area contributed by atoms with Crippen LogP contribution in [0.4, 0.5) is 4.79 Å². The first-order chi connectivity index (χ1) is 10.2. The molecule has 0 saturated carbocycles. The van der Waals surface area contributed by atoms with Crippen molar-refractivity contribution in [1.29, 1.82) is 0 Å². The van der Waals surface area contributed by atoms with E-state index < -0.39 is 5.60 Å². The quantitative estimate of drug-likeness (QED) is 0.721. The van der Waals surface area contributed by atoms with E-state index >= 15 is 0 Å². The molecule has 0 aliphatic heterocycles. The minimum atomic E-state index is -0.811. The molecule has 1 aromatic heterocycles. The van der Waals surface area contributed by atoms with Gasteiger partial charge < -0.3 is 15.7 Å². The van der Waals surface area contributed by atoms with Crippen molar-refractivity contribution < 1.29 is 9.90 Å². The fourth-order valence-electron chi connectivity index (χ4n) is 1.86. The number of thiazole rings is 1. The van der Waals surface area contributed by atoms with Crippen molar-refractivity contribution in [3.05, 3.63) is 16.1 Å². The van der Waals surface area contributed by atoms with Gasteiger partial charge in [0.25, 0.3) is 0 Å². The van der Waals surface area contributed by atoms with Gasteiger partial charge in [0.1, 0.15) is 0 Å². The van der Waals surface area contributed by atoms with Gasteiger partial charge in [-0.25, -0.2) is 9.78 Å². The van der Waals surface area contributed by atoms with Crippen LogP contribution >= 0.6 is 11.3 Å². The second-order valence-electron chi connectivity index (χ2n) is 6.67. The van der Waals surface area contributed by atoms with Gasteiger partial charge in [0.05, 0.1) is 16.3 Å². The number of amides is 2. The Morgan fingerprint density at radius 2 is 1.91 bits per heavy atom. The van der Waals surface area contributed by atoms with E-state index in [9.17, 15) is 9.90 Å². The molecule has 5 nitrogen and oxygen atoms in total. The molecule has 126 valence electrons. The van der Waals surface area contributed by atoms with Crippen LogP contribution in [-0.2, 0) is 11.8 Å². The van der Waals surface area contributed by atoms with Crippen LogP contribution < -0.4 is 10.6 Å². The number of carbonyl (C=O) groups is 1. The van der Waals surface area contributed by atoms with Crippen LogP contribution in [0.5, 0.6) is 0 Å². The minimum absolute atomic E-state index is 0.0598. The van der Waals surface area contributed by atoms with E-state index in [0.717, 1.165) is 17.1 Å². The topological polar surface area (TPSA) is 74.2 Å². The molecule has 1 rings (SSSR count). The van der Waals surface area contributed by atoms with E-state index in [1.165, 1.54) is 0 Å². The zero-order valence-corrected chi connectivity index (χ0v) is 15.1. The summed E-state index contributed by atoms with van der Waals surface area (Å²) >= 11 is 1.63. The van der Waals surface area contributed by atoms with Gasteiger partial charge in [-0.05, 0) is 12.8 Å². The zero-order valence-electron chi connectivity index (χ0n) is 14.3. The van der Waals surface area contributed by atoms with Crippen LogP contribution in [0.15, 0.2) is 5.38 Å². The highest BCUT2D eigenvalue weighted by Crippen LogP contribution is 2.23. The summed E-state index contributed by atoms with van der Waals surface area (Å²) in [6, 6.07) is -0.243. The van der Waals surface area contributed by atoms with E-state index in [0.29, 0.717) is 19.4 Å². The Hall–Kier alpha value is -1.14. The van der Waals surface area contributed by atoms with Crippen molar-refractivity contribution in [2.75, 3.05) is 13.1 Å². The van der Waals surface area contributed by atoms with Crippen LogP contribution in [0.25, 0.3) is 0 Å². The van der Waals surface area contributed by atoms with Crippen LogP contribution in [0, 0.1) is 0 Å². The normalized spacial score (nSPS) is 12.3. The number of hydrogen-bond acceptors (Lipinski definition) is 4. The molecule has 0 saturated heterocycles. The van der Waals surface area contributed by atoms with E-state index in [4.69, 9.17) is 0 Å². The second-order valence-corrected chi connectivity index (χ2v) is 7.61. The van der Waals surface area contributed by atoms with Crippen molar-refractivity contribution in [2.24, 2.45) is 0 Å². The maximum atomic E-state index is 11.7.